The van der Waals surface area contributed by atoms with Crippen LogP contribution in [0.1, 0.15) is 10.4 Å². The van der Waals surface area contributed by atoms with E-state index in [1.807, 2.05) is 0 Å². The standard InChI is InChI=1S/C7H5BrO2.C3H5NO/c8-6-4-2-1-3-5(6)7(9)10;1-2-5-3-4-1/h1-4H,(H,9,10);3H,1-2H2. The van der Waals surface area contributed by atoms with Crippen LogP contribution in [0.5, 0.6) is 0 Å². The lowest BCUT2D eigenvalue weighted by atomic mass is 10.2. The SMILES string of the molecule is C1=NCCO1.O=C(O)c1ccccc1Br. The van der Waals surface area contributed by atoms with Crippen molar-refractivity contribution in [2.24, 2.45) is 4.99 Å². The molecule has 80 valence electrons. The molecule has 1 aromatic rings. The summed E-state index contributed by atoms with van der Waals surface area (Å²) in [5.41, 5.74) is 0.294. The minimum absolute atomic E-state index is 0.294. The molecule has 0 aromatic heterocycles. The van der Waals surface area contributed by atoms with Gasteiger partial charge < -0.3 is 9.84 Å². The van der Waals surface area contributed by atoms with Crippen molar-refractivity contribution in [3.8, 4) is 0 Å². The van der Waals surface area contributed by atoms with Gasteiger partial charge in [-0.15, -0.1) is 0 Å². The Morgan fingerprint density at radius 2 is 2.20 bits per heavy atom. The highest BCUT2D eigenvalue weighted by Gasteiger charge is 2.04. The smallest absolute Gasteiger partial charge is 0.336 e. The van der Waals surface area contributed by atoms with Gasteiger partial charge in [-0.1, -0.05) is 12.1 Å². The van der Waals surface area contributed by atoms with Crippen LogP contribution in [-0.4, -0.2) is 30.6 Å². The van der Waals surface area contributed by atoms with Crippen molar-refractivity contribution >= 4 is 28.3 Å². The summed E-state index contributed by atoms with van der Waals surface area (Å²) < 4.78 is 5.27. The number of aromatic carboxylic acids is 1. The maximum Gasteiger partial charge on any atom is 0.336 e. The highest BCUT2D eigenvalue weighted by atomic mass is 79.9. The molecule has 0 saturated carbocycles. The third-order valence-electron chi connectivity index (χ3n) is 1.59. The van der Waals surface area contributed by atoms with Crippen LogP contribution in [0.2, 0.25) is 0 Å². The predicted molar refractivity (Wildman–Crippen MR) is 60.4 cm³/mol. The molecule has 1 aliphatic rings. The Hall–Kier alpha value is -1.36. The van der Waals surface area contributed by atoms with Crippen LogP contribution in [0.4, 0.5) is 0 Å². The zero-order valence-corrected chi connectivity index (χ0v) is 9.48. The lowest BCUT2D eigenvalue weighted by molar-refractivity contribution is 0.0696. The van der Waals surface area contributed by atoms with Crippen LogP contribution in [0.25, 0.3) is 0 Å². The number of carboxylic acid groups (broad SMARTS) is 1. The highest BCUT2D eigenvalue weighted by molar-refractivity contribution is 9.10. The molecule has 1 heterocycles. The molecule has 0 fully saturated rings. The summed E-state index contributed by atoms with van der Waals surface area (Å²) in [5.74, 6) is -0.910. The first kappa shape index (κ1) is 11.7. The maximum atomic E-state index is 10.4. The number of nitrogens with zero attached hydrogens (tertiary/aromatic N) is 1. The summed E-state index contributed by atoms with van der Waals surface area (Å²) in [6.45, 7) is 1.62. The van der Waals surface area contributed by atoms with Crippen molar-refractivity contribution in [3.05, 3.63) is 34.3 Å². The second-order valence-electron chi connectivity index (χ2n) is 2.67. The van der Waals surface area contributed by atoms with E-state index in [4.69, 9.17) is 5.11 Å². The van der Waals surface area contributed by atoms with Crippen molar-refractivity contribution in [3.63, 3.8) is 0 Å². The van der Waals surface area contributed by atoms with E-state index in [9.17, 15) is 4.79 Å². The van der Waals surface area contributed by atoms with Crippen molar-refractivity contribution < 1.29 is 14.6 Å². The summed E-state index contributed by atoms with van der Waals surface area (Å²) in [7, 11) is 0. The van der Waals surface area contributed by atoms with Gasteiger partial charge in [-0.05, 0) is 28.1 Å². The third-order valence-corrected chi connectivity index (χ3v) is 2.28. The Kier molecular flexibility index (Phi) is 4.83. The van der Waals surface area contributed by atoms with E-state index in [2.05, 4.69) is 25.7 Å². The second kappa shape index (κ2) is 6.19. The first-order chi connectivity index (χ1) is 7.22. The number of benzene rings is 1. The molecule has 0 atom stereocenters. The Bertz CT molecular complexity index is 359. The Balaban J connectivity index is 0.000000187. The number of aliphatic imine (C=N–C) groups is 1. The summed E-state index contributed by atoms with van der Waals surface area (Å²) in [6.07, 6.45) is 1.49. The topological polar surface area (TPSA) is 58.9 Å². The third kappa shape index (κ3) is 4.12. The van der Waals surface area contributed by atoms with Gasteiger partial charge in [0, 0.05) is 4.47 Å². The average Bonchev–Trinajstić information content (AvgIpc) is 2.75. The van der Waals surface area contributed by atoms with E-state index in [0.29, 0.717) is 10.0 Å². The first-order valence-corrected chi connectivity index (χ1v) is 5.09. The van der Waals surface area contributed by atoms with Gasteiger partial charge in [0.1, 0.15) is 6.61 Å². The van der Waals surface area contributed by atoms with Crippen molar-refractivity contribution in [1.82, 2.24) is 0 Å². The normalized spacial score (nSPS) is 12.6. The summed E-state index contributed by atoms with van der Waals surface area (Å²) in [4.78, 5) is 14.1. The quantitative estimate of drug-likeness (QED) is 0.852. The molecule has 4 nitrogen and oxygen atoms in total. The molecule has 0 bridgehead atoms. The summed E-state index contributed by atoms with van der Waals surface area (Å²) in [6, 6.07) is 6.71. The fourth-order valence-corrected chi connectivity index (χ4v) is 1.35. The molecular weight excluding hydrogens is 262 g/mol. The number of hydrogen-bond acceptors (Lipinski definition) is 3. The number of ether oxygens (including phenoxy) is 1. The van der Waals surface area contributed by atoms with Crippen molar-refractivity contribution in [2.75, 3.05) is 13.2 Å². The molecule has 0 radical (unpaired) electrons. The van der Waals surface area contributed by atoms with E-state index < -0.39 is 5.97 Å². The Labute approximate surface area is 95.7 Å². The van der Waals surface area contributed by atoms with E-state index >= 15 is 0 Å². The molecule has 1 aliphatic heterocycles. The molecule has 1 aromatic carbocycles. The molecule has 2 rings (SSSR count). The number of hydrogen-bond donors (Lipinski definition) is 1. The predicted octanol–water partition coefficient (Wildman–Crippen LogP) is 2.19. The van der Waals surface area contributed by atoms with Gasteiger partial charge in [0.15, 0.2) is 6.40 Å². The zero-order chi connectivity index (χ0) is 11.1. The highest BCUT2D eigenvalue weighted by Crippen LogP contribution is 2.14. The second-order valence-corrected chi connectivity index (χ2v) is 3.52. The minimum Gasteiger partial charge on any atom is -0.482 e. The van der Waals surface area contributed by atoms with Crippen molar-refractivity contribution in [2.45, 2.75) is 0 Å². The Morgan fingerprint density at radius 1 is 1.47 bits per heavy atom. The molecule has 0 aliphatic carbocycles. The van der Waals surface area contributed by atoms with Crippen LogP contribution in [0.15, 0.2) is 33.7 Å². The molecule has 0 saturated heterocycles. The summed E-state index contributed by atoms with van der Waals surface area (Å²) in [5, 5.41) is 8.54. The van der Waals surface area contributed by atoms with Gasteiger partial charge >= 0.3 is 5.97 Å². The van der Waals surface area contributed by atoms with Gasteiger partial charge in [0.2, 0.25) is 0 Å². The number of carboxylic acids is 1. The molecule has 0 spiro atoms. The van der Waals surface area contributed by atoms with Crippen LogP contribution in [0.3, 0.4) is 0 Å². The molecule has 1 N–H and O–H groups in total. The fourth-order valence-electron chi connectivity index (χ4n) is 0.898. The van der Waals surface area contributed by atoms with Crippen LogP contribution < -0.4 is 0 Å². The van der Waals surface area contributed by atoms with Gasteiger partial charge in [-0.25, -0.2) is 4.79 Å². The maximum absolute atomic E-state index is 10.4. The molecular formula is C10H10BrNO3. The molecule has 5 heteroatoms. The van der Waals surface area contributed by atoms with Gasteiger partial charge in [0.05, 0.1) is 12.1 Å². The lowest BCUT2D eigenvalue weighted by Gasteiger charge is -1.94. The average molecular weight is 272 g/mol. The van der Waals surface area contributed by atoms with Crippen LogP contribution in [0, 0.1) is 0 Å². The number of halogens is 1. The van der Waals surface area contributed by atoms with E-state index in [-0.39, 0.29) is 0 Å². The monoisotopic (exact) mass is 271 g/mol. The fraction of sp³-hybridized carbons (Fsp3) is 0.200. The number of rotatable bonds is 1. The first-order valence-electron chi connectivity index (χ1n) is 4.29. The molecule has 0 unspecified atom stereocenters. The van der Waals surface area contributed by atoms with E-state index in [0.717, 1.165) is 13.2 Å². The van der Waals surface area contributed by atoms with Crippen LogP contribution >= 0.6 is 15.9 Å². The number of carbonyl (C=O) groups is 1. The van der Waals surface area contributed by atoms with E-state index in [1.165, 1.54) is 6.40 Å². The van der Waals surface area contributed by atoms with Crippen LogP contribution in [-0.2, 0) is 4.74 Å². The Morgan fingerprint density at radius 3 is 2.53 bits per heavy atom. The minimum atomic E-state index is -0.910. The lowest BCUT2D eigenvalue weighted by Crippen LogP contribution is -1.95. The van der Waals surface area contributed by atoms with E-state index in [1.54, 1.807) is 24.3 Å². The van der Waals surface area contributed by atoms with Gasteiger partial charge in [-0.3, -0.25) is 4.99 Å². The largest absolute Gasteiger partial charge is 0.482 e. The van der Waals surface area contributed by atoms with Gasteiger partial charge in [0.25, 0.3) is 0 Å². The van der Waals surface area contributed by atoms with Gasteiger partial charge in [-0.2, -0.15) is 0 Å². The zero-order valence-electron chi connectivity index (χ0n) is 7.89. The van der Waals surface area contributed by atoms with Crippen molar-refractivity contribution in [1.29, 1.82) is 0 Å². The molecule has 0 amide bonds. The summed E-state index contributed by atoms with van der Waals surface area (Å²) >= 11 is 3.12. The molecule has 15 heavy (non-hydrogen) atoms.